The van der Waals surface area contributed by atoms with E-state index in [0.29, 0.717) is 4.87 Å². The van der Waals surface area contributed by atoms with Crippen molar-refractivity contribution in [3.05, 3.63) is 0 Å². The van der Waals surface area contributed by atoms with Crippen molar-refractivity contribution >= 4 is 11.8 Å². The maximum absolute atomic E-state index is 3.61. The highest BCUT2D eigenvalue weighted by Crippen LogP contribution is 2.38. The van der Waals surface area contributed by atoms with Crippen LogP contribution in [0.15, 0.2) is 0 Å². The van der Waals surface area contributed by atoms with Gasteiger partial charge in [-0.3, -0.25) is 0 Å². The summed E-state index contributed by atoms with van der Waals surface area (Å²) in [4.78, 5) is 2.87. The predicted molar refractivity (Wildman–Crippen MR) is 49.9 cm³/mol. The SMILES string of the molecule is CC1CC2(CN1C)NCCS2. The van der Waals surface area contributed by atoms with Crippen molar-refractivity contribution in [3.8, 4) is 0 Å². The zero-order valence-corrected chi connectivity index (χ0v) is 8.08. The number of nitrogens with one attached hydrogen (secondary N) is 1. The van der Waals surface area contributed by atoms with Gasteiger partial charge in [-0.05, 0) is 20.4 Å². The highest BCUT2D eigenvalue weighted by Gasteiger charge is 2.42. The molecule has 2 unspecified atom stereocenters. The Kier molecular flexibility index (Phi) is 1.90. The molecule has 3 heteroatoms. The fraction of sp³-hybridized carbons (Fsp3) is 1.00. The van der Waals surface area contributed by atoms with Crippen molar-refractivity contribution in [2.24, 2.45) is 0 Å². The van der Waals surface area contributed by atoms with E-state index in [1.165, 1.54) is 25.3 Å². The first-order valence-corrected chi connectivity index (χ1v) is 5.30. The number of rotatable bonds is 0. The summed E-state index contributed by atoms with van der Waals surface area (Å²) in [5, 5.41) is 3.61. The van der Waals surface area contributed by atoms with Gasteiger partial charge in [0.2, 0.25) is 0 Å². The molecule has 0 radical (unpaired) electrons. The van der Waals surface area contributed by atoms with E-state index >= 15 is 0 Å². The Balaban J connectivity index is 2.06. The van der Waals surface area contributed by atoms with Crippen LogP contribution in [0.1, 0.15) is 13.3 Å². The predicted octanol–water partition coefficient (Wildman–Crippen LogP) is 0.743. The Hall–Kier alpha value is 0.270. The molecule has 2 saturated heterocycles. The Labute approximate surface area is 72.7 Å². The normalized spacial score (nSPS) is 45.8. The van der Waals surface area contributed by atoms with E-state index in [2.05, 4.69) is 35.9 Å². The van der Waals surface area contributed by atoms with Crippen LogP contribution in [-0.2, 0) is 0 Å². The molecule has 0 aliphatic carbocycles. The largest absolute Gasteiger partial charge is 0.301 e. The van der Waals surface area contributed by atoms with Crippen molar-refractivity contribution < 1.29 is 0 Å². The van der Waals surface area contributed by atoms with Gasteiger partial charge >= 0.3 is 0 Å². The molecule has 0 bridgehead atoms. The molecule has 2 fully saturated rings. The minimum absolute atomic E-state index is 0.425. The number of hydrogen-bond donors (Lipinski definition) is 1. The lowest BCUT2D eigenvalue weighted by Crippen LogP contribution is -2.39. The van der Waals surface area contributed by atoms with E-state index in [-0.39, 0.29) is 0 Å². The molecule has 11 heavy (non-hydrogen) atoms. The number of likely N-dealkylation sites (N-methyl/N-ethyl adjacent to an activating group) is 1. The zero-order chi connectivity index (χ0) is 7.90. The van der Waals surface area contributed by atoms with E-state index in [1.807, 2.05) is 0 Å². The Morgan fingerprint density at radius 2 is 2.45 bits per heavy atom. The number of hydrogen-bond acceptors (Lipinski definition) is 3. The maximum atomic E-state index is 3.61. The van der Waals surface area contributed by atoms with Crippen molar-refractivity contribution in [3.63, 3.8) is 0 Å². The van der Waals surface area contributed by atoms with Crippen LogP contribution in [0.25, 0.3) is 0 Å². The Morgan fingerprint density at radius 1 is 1.64 bits per heavy atom. The van der Waals surface area contributed by atoms with Crippen LogP contribution >= 0.6 is 11.8 Å². The van der Waals surface area contributed by atoms with Gasteiger partial charge in [0.1, 0.15) is 0 Å². The molecule has 0 amide bonds. The minimum atomic E-state index is 0.425. The fourth-order valence-corrected chi connectivity index (χ4v) is 3.52. The van der Waals surface area contributed by atoms with Crippen molar-refractivity contribution in [2.75, 3.05) is 25.9 Å². The third-order valence-corrected chi connectivity index (χ3v) is 4.21. The van der Waals surface area contributed by atoms with Crippen molar-refractivity contribution in [1.82, 2.24) is 10.2 Å². The second kappa shape index (κ2) is 2.64. The summed E-state index contributed by atoms with van der Waals surface area (Å²) in [5.74, 6) is 1.29. The van der Waals surface area contributed by atoms with Gasteiger partial charge in [0.25, 0.3) is 0 Å². The first kappa shape index (κ1) is 7.90. The summed E-state index contributed by atoms with van der Waals surface area (Å²) < 4.78 is 0. The average molecular weight is 172 g/mol. The van der Waals surface area contributed by atoms with Crippen LogP contribution in [0.2, 0.25) is 0 Å². The molecule has 2 heterocycles. The van der Waals surface area contributed by atoms with Gasteiger partial charge in [-0.15, -0.1) is 11.8 Å². The van der Waals surface area contributed by atoms with Crippen molar-refractivity contribution in [1.29, 1.82) is 0 Å². The standard InChI is InChI=1S/C8H16N2S/c1-7-5-8(6-10(7)2)9-3-4-11-8/h7,9H,3-6H2,1-2H3. The lowest BCUT2D eigenvalue weighted by atomic mass is 10.2. The third kappa shape index (κ3) is 1.30. The number of nitrogens with zero attached hydrogens (tertiary/aromatic N) is 1. The van der Waals surface area contributed by atoms with Crippen LogP contribution in [0, 0.1) is 0 Å². The zero-order valence-electron chi connectivity index (χ0n) is 7.26. The van der Waals surface area contributed by atoms with Crippen LogP contribution in [-0.4, -0.2) is 41.7 Å². The van der Waals surface area contributed by atoms with Gasteiger partial charge < -0.3 is 10.2 Å². The summed E-state index contributed by atoms with van der Waals surface area (Å²) >= 11 is 2.11. The molecule has 2 atom stereocenters. The topological polar surface area (TPSA) is 15.3 Å². The highest BCUT2D eigenvalue weighted by molar-refractivity contribution is 8.00. The molecule has 0 saturated carbocycles. The Bertz CT molecular complexity index is 142. The molecular formula is C8H16N2S. The van der Waals surface area contributed by atoms with Crippen LogP contribution in [0.4, 0.5) is 0 Å². The maximum Gasteiger partial charge on any atom is 0.0789 e. The first-order chi connectivity index (χ1) is 5.22. The lowest BCUT2D eigenvalue weighted by molar-refractivity contribution is 0.325. The molecule has 2 nitrogen and oxygen atoms in total. The first-order valence-electron chi connectivity index (χ1n) is 4.31. The molecule has 0 aromatic rings. The fourth-order valence-electron chi connectivity index (χ4n) is 2.07. The average Bonchev–Trinajstić information content (AvgIpc) is 2.46. The summed E-state index contributed by atoms with van der Waals surface area (Å²) in [5.41, 5.74) is 0. The summed E-state index contributed by atoms with van der Waals surface area (Å²) in [6, 6.07) is 0.757. The monoisotopic (exact) mass is 172 g/mol. The molecule has 64 valence electrons. The van der Waals surface area contributed by atoms with Crippen molar-refractivity contribution in [2.45, 2.75) is 24.3 Å². The van der Waals surface area contributed by atoms with E-state index in [1.54, 1.807) is 0 Å². The smallest absolute Gasteiger partial charge is 0.0789 e. The highest BCUT2D eigenvalue weighted by atomic mass is 32.2. The number of likely N-dealkylation sites (tertiary alicyclic amines) is 1. The molecule has 2 aliphatic rings. The summed E-state index contributed by atoms with van der Waals surface area (Å²) in [6.45, 7) is 4.74. The molecule has 0 aromatic heterocycles. The molecule has 1 N–H and O–H groups in total. The minimum Gasteiger partial charge on any atom is -0.301 e. The lowest BCUT2D eigenvalue weighted by Gasteiger charge is -2.21. The molecule has 0 aromatic carbocycles. The van der Waals surface area contributed by atoms with E-state index in [4.69, 9.17) is 0 Å². The van der Waals surface area contributed by atoms with Crippen LogP contribution in [0.3, 0.4) is 0 Å². The number of thioether (sulfide) groups is 1. The molecule has 1 spiro atoms. The molecule has 2 rings (SSSR count). The third-order valence-electron chi connectivity index (χ3n) is 2.81. The van der Waals surface area contributed by atoms with Gasteiger partial charge in [0.15, 0.2) is 0 Å². The second-order valence-electron chi connectivity index (χ2n) is 3.74. The quantitative estimate of drug-likeness (QED) is 0.580. The van der Waals surface area contributed by atoms with Gasteiger partial charge in [-0.1, -0.05) is 0 Å². The Morgan fingerprint density at radius 3 is 2.91 bits per heavy atom. The van der Waals surface area contributed by atoms with E-state index < -0.39 is 0 Å². The molecule has 2 aliphatic heterocycles. The van der Waals surface area contributed by atoms with E-state index in [0.717, 1.165) is 6.04 Å². The van der Waals surface area contributed by atoms with Gasteiger partial charge in [0.05, 0.1) is 4.87 Å². The molecular weight excluding hydrogens is 156 g/mol. The van der Waals surface area contributed by atoms with Gasteiger partial charge in [-0.2, -0.15) is 0 Å². The summed E-state index contributed by atoms with van der Waals surface area (Å²) in [6.07, 6.45) is 1.31. The van der Waals surface area contributed by atoms with Crippen LogP contribution in [0.5, 0.6) is 0 Å². The van der Waals surface area contributed by atoms with Gasteiger partial charge in [0, 0.05) is 24.9 Å². The summed E-state index contributed by atoms with van der Waals surface area (Å²) in [7, 11) is 2.22. The van der Waals surface area contributed by atoms with E-state index in [9.17, 15) is 0 Å². The van der Waals surface area contributed by atoms with Crippen LogP contribution < -0.4 is 5.32 Å². The van der Waals surface area contributed by atoms with Gasteiger partial charge in [-0.25, -0.2) is 0 Å². The second-order valence-corrected chi connectivity index (χ2v) is 5.22.